The second-order valence-corrected chi connectivity index (χ2v) is 5.22. The van der Waals surface area contributed by atoms with Gasteiger partial charge in [0.2, 0.25) is 0 Å². The fraction of sp³-hybridized carbons (Fsp3) is 0.222. The summed E-state index contributed by atoms with van der Waals surface area (Å²) in [6.07, 6.45) is 1.81. The van der Waals surface area contributed by atoms with Crippen LogP contribution in [0.3, 0.4) is 0 Å². The van der Waals surface area contributed by atoms with Gasteiger partial charge in [-0.25, -0.2) is 4.98 Å². The number of aryl methyl sites for hydroxylation is 1. The molecule has 0 aliphatic heterocycles. The van der Waals surface area contributed by atoms with Crippen molar-refractivity contribution in [3.05, 3.63) is 54.2 Å². The molecule has 0 aliphatic carbocycles. The molecule has 1 N–H and O–H groups in total. The van der Waals surface area contributed by atoms with Crippen LogP contribution in [0.4, 0.5) is 5.82 Å². The Morgan fingerprint density at radius 1 is 1.14 bits per heavy atom. The van der Waals surface area contributed by atoms with Gasteiger partial charge in [-0.2, -0.15) is 0 Å². The third-order valence-electron chi connectivity index (χ3n) is 3.51. The maximum Gasteiger partial charge on any atom is 0.136 e. The zero-order valence-corrected chi connectivity index (χ0v) is 12.8. The molecule has 112 valence electrons. The average molecular weight is 293 g/mol. The molecule has 0 unspecified atom stereocenters. The van der Waals surface area contributed by atoms with E-state index in [0.717, 1.165) is 28.0 Å². The molecule has 0 fully saturated rings. The zero-order chi connectivity index (χ0) is 15.4. The molecular formula is C18H19N3O. The Balaban J connectivity index is 2.07. The first-order chi connectivity index (χ1) is 10.8. The molecule has 0 aliphatic rings. The Kier molecular flexibility index (Phi) is 4.30. The van der Waals surface area contributed by atoms with Crippen LogP contribution in [0, 0.1) is 6.92 Å². The number of pyridine rings is 2. The maximum absolute atomic E-state index is 5.10. The van der Waals surface area contributed by atoms with Gasteiger partial charge in [-0.05, 0) is 31.2 Å². The highest BCUT2D eigenvalue weighted by molar-refractivity contribution is 5.91. The summed E-state index contributed by atoms with van der Waals surface area (Å²) in [5.74, 6) is 0.846. The molecule has 0 bridgehead atoms. The Morgan fingerprint density at radius 3 is 2.86 bits per heavy atom. The van der Waals surface area contributed by atoms with E-state index in [-0.39, 0.29) is 0 Å². The first-order valence-electron chi connectivity index (χ1n) is 7.33. The second-order valence-electron chi connectivity index (χ2n) is 5.22. The first kappa shape index (κ1) is 14.5. The molecule has 2 heterocycles. The van der Waals surface area contributed by atoms with Gasteiger partial charge in [0.05, 0.1) is 17.8 Å². The van der Waals surface area contributed by atoms with E-state index >= 15 is 0 Å². The van der Waals surface area contributed by atoms with Gasteiger partial charge >= 0.3 is 0 Å². The summed E-state index contributed by atoms with van der Waals surface area (Å²) in [4.78, 5) is 9.24. The second kappa shape index (κ2) is 6.54. The molecule has 0 amide bonds. The van der Waals surface area contributed by atoms with Gasteiger partial charge in [0, 0.05) is 30.8 Å². The van der Waals surface area contributed by atoms with Gasteiger partial charge in [-0.3, -0.25) is 4.98 Å². The van der Waals surface area contributed by atoms with E-state index in [1.807, 2.05) is 24.3 Å². The Labute approximate surface area is 130 Å². The van der Waals surface area contributed by atoms with E-state index in [0.29, 0.717) is 13.2 Å². The summed E-state index contributed by atoms with van der Waals surface area (Å²) in [6, 6.07) is 14.3. The predicted molar refractivity (Wildman–Crippen MR) is 90.1 cm³/mol. The summed E-state index contributed by atoms with van der Waals surface area (Å²) < 4.78 is 5.10. The lowest BCUT2D eigenvalue weighted by atomic mass is 10.1. The van der Waals surface area contributed by atoms with Crippen LogP contribution in [-0.2, 0) is 4.74 Å². The predicted octanol–water partition coefficient (Wildman–Crippen LogP) is 3.66. The van der Waals surface area contributed by atoms with Crippen molar-refractivity contribution in [2.75, 3.05) is 25.6 Å². The highest BCUT2D eigenvalue weighted by Gasteiger charge is 2.08. The van der Waals surface area contributed by atoms with Crippen molar-refractivity contribution in [1.82, 2.24) is 9.97 Å². The number of benzene rings is 1. The van der Waals surface area contributed by atoms with E-state index in [1.54, 1.807) is 13.3 Å². The molecule has 3 aromatic rings. The lowest BCUT2D eigenvalue weighted by Crippen LogP contribution is -2.09. The minimum atomic E-state index is 0.637. The Morgan fingerprint density at radius 2 is 2.05 bits per heavy atom. The molecule has 0 atom stereocenters. The maximum atomic E-state index is 5.10. The number of hydrogen-bond donors (Lipinski definition) is 1. The fourth-order valence-electron chi connectivity index (χ4n) is 2.43. The fourth-order valence-corrected chi connectivity index (χ4v) is 2.43. The van der Waals surface area contributed by atoms with Gasteiger partial charge in [0.15, 0.2) is 0 Å². The van der Waals surface area contributed by atoms with Crippen LogP contribution in [0.15, 0.2) is 48.7 Å². The normalized spacial score (nSPS) is 10.8. The summed E-state index contributed by atoms with van der Waals surface area (Å²) in [6.45, 7) is 3.43. The van der Waals surface area contributed by atoms with Crippen molar-refractivity contribution in [3.63, 3.8) is 0 Å². The van der Waals surface area contributed by atoms with Crippen LogP contribution in [0.25, 0.3) is 22.2 Å². The number of anilines is 1. The van der Waals surface area contributed by atoms with Crippen LogP contribution in [0.5, 0.6) is 0 Å². The van der Waals surface area contributed by atoms with Gasteiger partial charge in [0.25, 0.3) is 0 Å². The number of ether oxygens (including phenoxy) is 1. The molecule has 0 saturated heterocycles. The zero-order valence-electron chi connectivity index (χ0n) is 12.8. The SMILES string of the molecule is COCCNc1nc(-c2cccc(C)c2)cc2ncccc12. The topological polar surface area (TPSA) is 47.0 Å². The Bertz CT molecular complexity index is 786. The quantitative estimate of drug-likeness (QED) is 0.729. The number of nitrogens with zero attached hydrogens (tertiary/aromatic N) is 2. The van der Waals surface area contributed by atoms with Crippen molar-refractivity contribution < 1.29 is 4.74 Å². The Hall–Kier alpha value is -2.46. The minimum Gasteiger partial charge on any atom is -0.383 e. The molecule has 0 spiro atoms. The number of nitrogens with one attached hydrogen (secondary N) is 1. The molecular weight excluding hydrogens is 274 g/mol. The highest BCUT2D eigenvalue weighted by atomic mass is 16.5. The molecule has 22 heavy (non-hydrogen) atoms. The third-order valence-corrected chi connectivity index (χ3v) is 3.51. The van der Waals surface area contributed by atoms with Gasteiger partial charge in [0.1, 0.15) is 5.82 Å². The minimum absolute atomic E-state index is 0.637. The van der Waals surface area contributed by atoms with Crippen molar-refractivity contribution in [3.8, 4) is 11.3 Å². The lowest BCUT2D eigenvalue weighted by molar-refractivity contribution is 0.210. The van der Waals surface area contributed by atoms with E-state index in [9.17, 15) is 0 Å². The van der Waals surface area contributed by atoms with E-state index in [2.05, 4.69) is 35.4 Å². The van der Waals surface area contributed by atoms with Gasteiger partial charge in [-0.15, -0.1) is 0 Å². The van der Waals surface area contributed by atoms with Crippen LogP contribution in [-0.4, -0.2) is 30.2 Å². The molecule has 3 rings (SSSR count). The summed E-state index contributed by atoms with van der Waals surface area (Å²) in [5.41, 5.74) is 4.18. The van der Waals surface area contributed by atoms with Crippen molar-refractivity contribution in [1.29, 1.82) is 0 Å². The van der Waals surface area contributed by atoms with Gasteiger partial charge in [-0.1, -0.05) is 23.8 Å². The number of rotatable bonds is 5. The monoisotopic (exact) mass is 293 g/mol. The number of hydrogen-bond acceptors (Lipinski definition) is 4. The van der Waals surface area contributed by atoms with E-state index < -0.39 is 0 Å². The molecule has 4 heteroatoms. The van der Waals surface area contributed by atoms with Crippen molar-refractivity contribution in [2.24, 2.45) is 0 Å². The molecule has 0 radical (unpaired) electrons. The number of fused-ring (bicyclic) bond motifs is 1. The van der Waals surface area contributed by atoms with Crippen molar-refractivity contribution in [2.45, 2.75) is 6.92 Å². The number of aromatic nitrogens is 2. The van der Waals surface area contributed by atoms with Gasteiger partial charge < -0.3 is 10.1 Å². The van der Waals surface area contributed by atoms with Crippen LogP contribution < -0.4 is 5.32 Å². The van der Waals surface area contributed by atoms with Crippen LogP contribution in [0.1, 0.15) is 5.56 Å². The summed E-state index contributed by atoms with van der Waals surface area (Å²) in [7, 11) is 1.69. The molecule has 4 nitrogen and oxygen atoms in total. The molecule has 0 saturated carbocycles. The highest BCUT2D eigenvalue weighted by Crippen LogP contribution is 2.26. The summed E-state index contributed by atoms with van der Waals surface area (Å²) >= 11 is 0. The summed E-state index contributed by atoms with van der Waals surface area (Å²) in [5, 5.41) is 4.36. The van der Waals surface area contributed by atoms with Crippen molar-refractivity contribution >= 4 is 16.7 Å². The van der Waals surface area contributed by atoms with Crippen LogP contribution in [0.2, 0.25) is 0 Å². The van der Waals surface area contributed by atoms with Crippen LogP contribution >= 0.6 is 0 Å². The number of methoxy groups -OCH3 is 1. The third kappa shape index (κ3) is 3.07. The largest absolute Gasteiger partial charge is 0.383 e. The first-order valence-corrected chi connectivity index (χ1v) is 7.33. The molecule has 1 aromatic carbocycles. The lowest BCUT2D eigenvalue weighted by Gasteiger charge is -2.11. The van der Waals surface area contributed by atoms with E-state index in [1.165, 1.54) is 5.56 Å². The standard InChI is InChI=1S/C18H19N3O/c1-13-5-3-6-14(11-13)16-12-17-15(7-4-8-19-17)18(21-16)20-9-10-22-2/h3-8,11-12H,9-10H2,1-2H3,(H,20,21). The smallest absolute Gasteiger partial charge is 0.136 e. The molecule has 2 aromatic heterocycles. The average Bonchev–Trinajstić information content (AvgIpc) is 2.55. The van der Waals surface area contributed by atoms with E-state index in [4.69, 9.17) is 9.72 Å².